The Balaban J connectivity index is 2.41. The number of nitrogens with one attached hydrogen (secondary N) is 2. The zero-order valence-corrected chi connectivity index (χ0v) is 5.26. The highest BCUT2D eigenvalue weighted by molar-refractivity contribution is 5.42. The van der Waals surface area contributed by atoms with Crippen molar-refractivity contribution in [3.8, 4) is 0 Å². The van der Waals surface area contributed by atoms with E-state index in [1.807, 2.05) is 0 Å². The zero-order valence-electron chi connectivity index (χ0n) is 5.26. The molecule has 0 amide bonds. The van der Waals surface area contributed by atoms with Gasteiger partial charge in [-0.3, -0.25) is 10.3 Å². The molecular weight excluding hydrogens is 128 g/mol. The topological polar surface area (TPSA) is 49.8 Å². The molecule has 0 atom stereocenters. The lowest BCUT2D eigenvalue weighted by Crippen LogP contribution is -2.23. The van der Waals surface area contributed by atoms with Crippen molar-refractivity contribution in [1.29, 1.82) is 0 Å². The second-order valence-corrected chi connectivity index (χ2v) is 1.96. The molecule has 50 valence electrons. The fraction of sp³-hybridized carbons (Fsp3) is 0.167. The predicted octanol–water partition coefficient (Wildman–Crippen LogP) is -0.0120. The van der Waals surface area contributed by atoms with E-state index >= 15 is 0 Å². The monoisotopic (exact) mass is 134 g/mol. The second-order valence-electron chi connectivity index (χ2n) is 1.96. The highest BCUT2D eigenvalue weighted by atomic mass is 15.2. The highest BCUT2D eigenvalue weighted by Gasteiger charge is 2.08. The molecule has 0 unspecified atom stereocenters. The van der Waals surface area contributed by atoms with E-state index in [1.165, 1.54) is 0 Å². The van der Waals surface area contributed by atoms with Crippen molar-refractivity contribution in [2.24, 2.45) is 0 Å². The van der Waals surface area contributed by atoms with E-state index in [0.29, 0.717) is 6.54 Å². The molecule has 1 aliphatic rings. The Morgan fingerprint density at radius 3 is 3.20 bits per heavy atom. The number of rotatable bonds is 0. The van der Waals surface area contributed by atoms with Gasteiger partial charge >= 0.3 is 0 Å². The summed E-state index contributed by atoms with van der Waals surface area (Å²) in [6, 6.07) is 0. The summed E-state index contributed by atoms with van der Waals surface area (Å²) in [4.78, 5) is 8.13. The van der Waals surface area contributed by atoms with E-state index in [-0.39, 0.29) is 0 Å². The van der Waals surface area contributed by atoms with E-state index < -0.39 is 0 Å². The van der Waals surface area contributed by atoms with Crippen LogP contribution in [-0.2, 0) is 6.54 Å². The van der Waals surface area contributed by atoms with Crippen LogP contribution < -0.4 is 10.6 Å². The molecule has 1 aromatic rings. The standard InChI is InChI=1S/C6H6N4/c1-2-9-6-5(8-1)3-7-4-10-6/h1-2,7H,3H2,(H,9,10). The first-order valence-electron chi connectivity index (χ1n) is 3.00. The molecule has 0 saturated carbocycles. The maximum atomic E-state index is 4.09. The molecule has 2 rings (SSSR count). The molecule has 0 bridgehead atoms. The van der Waals surface area contributed by atoms with Crippen molar-refractivity contribution < 1.29 is 0 Å². The van der Waals surface area contributed by atoms with Gasteiger partial charge in [0.15, 0.2) is 12.5 Å². The van der Waals surface area contributed by atoms with E-state index in [1.54, 1.807) is 12.4 Å². The highest BCUT2D eigenvalue weighted by Crippen LogP contribution is 2.10. The molecule has 0 spiro atoms. The summed E-state index contributed by atoms with van der Waals surface area (Å²) in [5.41, 5.74) is 0.932. The first kappa shape index (κ1) is 5.61. The second kappa shape index (κ2) is 2.22. The lowest BCUT2D eigenvalue weighted by atomic mass is 10.3. The molecule has 0 aliphatic carbocycles. The smallest absolute Gasteiger partial charge is 0.173 e. The third-order valence-corrected chi connectivity index (χ3v) is 1.30. The van der Waals surface area contributed by atoms with Crippen molar-refractivity contribution in [3.05, 3.63) is 24.8 Å². The third kappa shape index (κ3) is 0.823. The summed E-state index contributed by atoms with van der Waals surface area (Å²) in [5, 5.41) is 5.71. The molecular formula is C6H6N4. The molecule has 1 aliphatic heterocycles. The van der Waals surface area contributed by atoms with Gasteiger partial charge in [-0.05, 0) is 0 Å². The molecule has 0 saturated heterocycles. The minimum atomic E-state index is 0.705. The Hall–Kier alpha value is -1.16. The van der Waals surface area contributed by atoms with Crippen molar-refractivity contribution in [2.45, 2.75) is 6.54 Å². The summed E-state index contributed by atoms with van der Waals surface area (Å²) < 4.78 is 0. The summed E-state index contributed by atoms with van der Waals surface area (Å²) in [7, 11) is 0. The van der Waals surface area contributed by atoms with Gasteiger partial charge in [-0.1, -0.05) is 0 Å². The van der Waals surface area contributed by atoms with Crippen molar-refractivity contribution in [3.63, 3.8) is 0 Å². The number of nitrogens with zero attached hydrogens (tertiary/aromatic N) is 2. The van der Waals surface area contributed by atoms with Crippen LogP contribution in [0.1, 0.15) is 5.69 Å². The molecule has 10 heavy (non-hydrogen) atoms. The Morgan fingerprint density at radius 1 is 1.40 bits per heavy atom. The van der Waals surface area contributed by atoms with Gasteiger partial charge in [-0.25, -0.2) is 4.98 Å². The first-order chi connectivity index (χ1) is 4.97. The van der Waals surface area contributed by atoms with E-state index in [9.17, 15) is 0 Å². The maximum absolute atomic E-state index is 4.09. The number of fused-ring (bicyclic) bond motifs is 1. The van der Waals surface area contributed by atoms with Gasteiger partial charge in [0.1, 0.15) is 0 Å². The van der Waals surface area contributed by atoms with Gasteiger partial charge < -0.3 is 5.32 Å². The van der Waals surface area contributed by atoms with Crippen LogP contribution in [0.15, 0.2) is 12.4 Å². The van der Waals surface area contributed by atoms with Gasteiger partial charge in [0.25, 0.3) is 0 Å². The molecule has 1 aromatic heterocycles. The first-order valence-corrected chi connectivity index (χ1v) is 3.00. The summed E-state index contributed by atoms with van der Waals surface area (Å²) in [6.07, 6.45) is 3.33. The number of aromatic nitrogens is 2. The summed E-state index contributed by atoms with van der Waals surface area (Å²) in [5.74, 6) is 0.793. The largest absolute Gasteiger partial charge is 0.344 e. The van der Waals surface area contributed by atoms with Crippen LogP contribution in [0.4, 0.5) is 5.82 Å². The van der Waals surface area contributed by atoms with Crippen molar-refractivity contribution in [2.75, 3.05) is 5.32 Å². The number of hydrogen-bond acceptors (Lipinski definition) is 4. The fourth-order valence-corrected chi connectivity index (χ4v) is 0.832. The SMILES string of the molecule is [C]1NCc2nccnc2N1. The average molecular weight is 134 g/mol. The lowest BCUT2D eigenvalue weighted by molar-refractivity contribution is 0.749. The van der Waals surface area contributed by atoms with Gasteiger partial charge in [-0.2, -0.15) is 0 Å². The molecule has 0 aromatic carbocycles. The zero-order chi connectivity index (χ0) is 6.81. The Kier molecular flexibility index (Phi) is 1.25. The molecule has 2 radical (unpaired) electrons. The molecule has 4 nitrogen and oxygen atoms in total. The minimum absolute atomic E-state index is 0.705. The molecule has 2 heterocycles. The van der Waals surface area contributed by atoms with Crippen molar-refractivity contribution >= 4 is 5.82 Å². The van der Waals surface area contributed by atoms with E-state index in [4.69, 9.17) is 0 Å². The van der Waals surface area contributed by atoms with Gasteiger partial charge in [0.2, 0.25) is 0 Å². The fourth-order valence-electron chi connectivity index (χ4n) is 0.832. The Bertz CT molecular complexity index is 210. The van der Waals surface area contributed by atoms with Crippen LogP contribution in [-0.4, -0.2) is 9.97 Å². The average Bonchev–Trinajstić information content (AvgIpc) is 2.05. The Morgan fingerprint density at radius 2 is 2.30 bits per heavy atom. The van der Waals surface area contributed by atoms with Crippen LogP contribution in [0.25, 0.3) is 0 Å². The van der Waals surface area contributed by atoms with Crippen LogP contribution >= 0.6 is 0 Å². The number of hydrogen-bond donors (Lipinski definition) is 2. The van der Waals surface area contributed by atoms with Crippen LogP contribution in [0, 0.1) is 6.67 Å². The van der Waals surface area contributed by atoms with Gasteiger partial charge in [-0.15, -0.1) is 0 Å². The van der Waals surface area contributed by atoms with Gasteiger partial charge in [0, 0.05) is 18.9 Å². The van der Waals surface area contributed by atoms with Crippen LogP contribution in [0.2, 0.25) is 0 Å². The minimum Gasteiger partial charge on any atom is -0.344 e. The predicted molar refractivity (Wildman–Crippen MR) is 35.7 cm³/mol. The molecule has 4 heteroatoms. The third-order valence-electron chi connectivity index (χ3n) is 1.30. The summed E-state index contributed by atoms with van der Waals surface area (Å²) >= 11 is 0. The maximum Gasteiger partial charge on any atom is 0.173 e. The molecule has 0 fully saturated rings. The van der Waals surface area contributed by atoms with Gasteiger partial charge in [0.05, 0.1) is 5.69 Å². The number of anilines is 1. The Labute approximate surface area is 58.7 Å². The summed E-state index contributed by atoms with van der Waals surface area (Å²) in [6.45, 7) is 3.44. The van der Waals surface area contributed by atoms with Crippen molar-refractivity contribution in [1.82, 2.24) is 15.3 Å². The quantitative estimate of drug-likeness (QED) is 0.524. The van der Waals surface area contributed by atoms with Crippen LogP contribution in [0.5, 0.6) is 0 Å². The normalized spacial score (nSPS) is 15.6. The van der Waals surface area contributed by atoms with Crippen LogP contribution in [0.3, 0.4) is 0 Å². The van der Waals surface area contributed by atoms with E-state index in [0.717, 1.165) is 11.5 Å². The molecule has 2 N–H and O–H groups in total. The lowest BCUT2D eigenvalue weighted by Gasteiger charge is -2.13. The van der Waals surface area contributed by atoms with E-state index in [2.05, 4.69) is 27.3 Å².